The van der Waals surface area contributed by atoms with Crippen molar-refractivity contribution in [2.45, 2.75) is 39.0 Å². The minimum Gasteiger partial charge on any atom is -0.444 e. The molecule has 0 aliphatic carbocycles. The molecule has 7 nitrogen and oxygen atoms in total. The molecule has 1 fully saturated rings. The van der Waals surface area contributed by atoms with Gasteiger partial charge in [0.15, 0.2) is 0 Å². The van der Waals surface area contributed by atoms with Crippen LogP contribution in [0.2, 0.25) is 0 Å². The maximum atomic E-state index is 12.0. The molecule has 106 valence electrons. The molecule has 1 saturated heterocycles. The van der Waals surface area contributed by atoms with E-state index >= 15 is 0 Å². The van der Waals surface area contributed by atoms with E-state index < -0.39 is 5.60 Å². The Labute approximate surface area is 112 Å². The van der Waals surface area contributed by atoms with Crippen LogP contribution in [0.5, 0.6) is 0 Å². The van der Waals surface area contributed by atoms with Crippen LogP contribution >= 0.6 is 0 Å². The number of ether oxygens (including phenoxy) is 1. The van der Waals surface area contributed by atoms with E-state index in [1.54, 1.807) is 15.9 Å². The third-order valence-corrected chi connectivity index (χ3v) is 2.78. The fourth-order valence-corrected chi connectivity index (χ4v) is 1.99. The first-order chi connectivity index (χ1) is 8.94. The molecule has 1 aromatic heterocycles. The summed E-state index contributed by atoms with van der Waals surface area (Å²) in [6.07, 6.45) is 2.93. The third-order valence-electron chi connectivity index (χ3n) is 2.78. The molecule has 1 amide bonds. The molecule has 2 rings (SSSR count). The molecular formula is C12H21N5O2. The minimum atomic E-state index is -0.455. The lowest BCUT2D eigenvalue weighted by Gasteiger charge is -2.34. The molecule has 1 N–H and O–H groups in total. The smallest absolute Gasteiger partial charge is 0.410 e. The zero-order chi connectivity index (χ0) is 13.9. The van der Waals surface area contributed by atoms with Crippen LogP contribution in [0.25, 0.3) is 0 Å². The van der Waals surface area contributed by atoms with Crippen molar-refractivity contribution in [3.05, 3.63) is 12.7 Å². The highest BCUT2D eigenvalue weighted by Gasteiger charge is 2.27. The summed E-state index contributed by atoms with van der Waals surface area (Å²) in [6, 6.07) is 0.169. The van der Waals surface area contributed by atoms with E-state index in [2.05, 4.69) is 15.4 Å². The highest BCUT2D eigenvalue weighted by atomic mass is 16.6. The first kappa shape index (κ1) is 13.8. The lowest BCUT2D eigenvalue weighted by Crippen LogP contribution is -2.54. The number of hydrogen-bond donors (Lipinski definition) is 1. The number of hydrogen-bond acceptors (Lipinski definition) is 5. The molecule has 0 spiro atoms. The van der Waals surface area contributed by atoms with Crippen LogP contribution in [0, 0.1) is 0 Å². The molecule has 0 bridgehead atoms. The van der Waals surface area contributed by atoms with Crippen LogP contribution in [0.15, 0.2) is 12.7 Å². The van der Waals surface area contributed by atoms with E-state index in [1.807, 2.05) is 20.8 Å². The Bertz CT molecular complexity index is 412. The predicted molar refractivity (Wildman–Crippen MR) is 69.6 cm³/mol. The molecule has 0 radical (unpaired) electrons. The minimum absolute atomic E-state index is 0.169. The number of nitrogens with zero attached hydrogens (tertiary/aromatic N) is 4. The summed E-state index contributed by atoms with van der Waals surface area (Å²) in [5.74, 6) is 0. The van der Waals surface area contributed by atoms with Crippen molar-refractivity contribution in [2.75, 3.05) is 19.6 Å². The summed E-state index contributed by atoms with van der Waals surface area (Å²) in [5, 5.41) is 7.44. The van der Waals surface area contributed by atoms with Gasteiger partial charge in [0.1, 0.15) is 18.3 Å². The second kappa shape index (κ2) is 5.56. The lowest BCUT2D eigenvalue weighted by atomic mass is 10.2. The van der Waals surface area contributed by atoms with Crippen molar-refractivity contribution in [2.24, 2.45) is 0 Å². The van der Waals surface area contributed by atoms with Crippen molar-refractivity contribution in [3.8, 4) is 0 Å². The number of carbonyl (C=O) groups is 1. The van der Waals surface area contributed by atoms with Gasteiger partial charge in [-0.3, -0.25) is 4.68 Å². The summed E-state index contributed by atoms with van der Waals surface area (Å²) >= 11 is 0. The molecule has 1 aliphatic heterocycles. The van der Waals surface area contributed by atoms with Gasteiger partial charge in [-0.2, -0.15) is 5.10 Å². The van der Waals surface area contributed by atoms with Crippen molar-refractivity contribution in [1.82, 2.24) is 25.0 Å². The van der Waals surface area contributed by atoms with Crippen LogP contribution in [0.3, 0.4) is 0 Å². The van der Waals surface area contributed by atoms with Gasteiger partial charge in [0.25, 0.3) is 0 Å². The van der Waals surface area contributed by atoms with Gasteiger partial charge in [0.2, 0.25) is 0 Å². The SMILES string of the molecule is CC(C)(C)OC(=O)N1CCN[C@H](Cn2cncn2)C1. The molecule has 0 saturated carbocycles. The average Bonchev–Trinajstić information content (AvgIpc) is 2.80. The molecular weight excluding hydrogens is 246 g/mol. The van der Waals surface area contributed by atoms with E-state index in [9.17, 15) is 4.79 Å². The van der Waals surface area contributed by atoms with E-state index in [-0.39, 0.29) is 12.1 Å². The number of amides is 1. The largest absolute Gasteiger partial charge is 0.444 e. The van der Waals surface area contributed by atoms with Gasteiger partial charge < -0.3 is 15.0 Å². The van der Waals surface area contributed by atoms with Crippen molar-refractivity contribution >= 4 is 6.09 Å². The molecule has 19 heavy (non-hydrogen) atoms. The Kier molecular flexibility index (Phi) is 4.04. The van der Waals surface area contributed by atoms with Crippen LogP contribution < -0.4 is 5.32 Å². The average molecular weight is 267 g/mol. The Balaban J connectivity index is 1.88. The van der Waals surface area contributed by atoms with Crippen LogP contribution in [0.1, 0.15) is 20.8 Å². The number of aromatic nitrogens is 3. The topological polar surface area (TPSA) is 72.3 Å². The Morgan fingerprint density at radius 1 is 1.53 bits per heavy atom. The molecule has 7 heteroatoms. The standard InChI is InChI=1S/C12H21N5O2/c1-12(2,3)19-11(18)16-5-4-14-10(6-16)7-17-9-13-8-15-17/h8-10,14H,4-7H2,1-3H3/t10-/m0/s1. The molecule has 1 aliphatic rings. The molecule has 2 heterocycles. The lowest BCUT2D eigenvalue weighted by molar-refractivity contribution is 0.0188. The fraction of sp³-hybridized carbons (Fsp3) is 0.750. The molecule has 1 aromatic rings. The van der Waals surface area contributed by atoms with Crippen LogP contribution in [-0.2, 0) is 11.3 Å². The second-order valence-electron chi connectivity index (χ2n) is 5.69. The van der Waals surface area contributed by atoms with Gasteiger partial charge >= 0.3 is 6.09 Å². The highest BCUT2D eigenvalue weighted by Crippen LogP contribution is 2.11. The number of piperazine rings is 1. The molecule has 0 unspecified atom stereocenters. The van der Waals surface area contributed by atoms with E-state index in [4.69, 9.17) is 4.74 Å². The zero-order valence-electron chi connectivity index (χ0n) is 11.7. The zero-order valence-corrected chi connectivity index (χ0v) is 11.7. The van der Waals surface area contributed by atoms with Gasteiger partial charge in [-0.1, -0.05) is 0 Å². The van der Waals surface area contributed by atoms with E-state index in [0.29, 0.717) is 19.6 Å². The highest BCUT2D eigenvalue weighted by molar-refractivity contribution is 5.68. The van der Waals surface area contributed by atoms with Crippen LogP contribution in [0.4, 0.5) is 4.79 Å². The van der Waals surface area contributed by atoms with Crippen molar-refractivity contribution in [1.29, 1.82) is 0 Å². The quantitative estimate of drug-likeness (QED) is 0.844. The maximum absolute atomic E-state index is 12.0. The summed E-state index contributed by atoms with van der Waals surface area (Å²) in [5.41, 5.74) is -0.455. The molecule has 1 atom stereocenters. The van der Waals surface area contributed by atoms with Crippen molar-refractivity contribution in [3.63, 3.8) is 0 Å². The summed E-state index contributed by atoms with van der Waals surface area (Å²) in [7, 11) is 0. The Morgan fingerprint density at radius 2 is 2.32 bits per heavy atom. The van der Waals surface area contributed by atoms with E-state index in [1.165, 1.54) is 6.33 Å². The van der Waals surface area contributed by atoms with Gasteiger partial charge in [0, 0.05) is 25.7 Å². The Hall–Kier alpha value is -1.63. The number of nitrogens with one attached hydrogen (secondary N) is 1. The predicted octanol–water partition coefficient (Wildman–Crippen LogP) is 0.487. The summed E-state index contributed by atoms with van der Waals surface area (Å²) in [6.45, 7) is 8.37. The molecule has 0 aromatic carbocycles. The maximum Gasteiger partial charge on any atom is 0.410 e. The monoisotopic (exact) mass is 267 g/mol. The third kappa shape index (κ3) is 4.20. The van der Waals surface area contributed by atoms with E-state index in [0.717, 1.165) is 6.54 Å². The van der Waals surface area contributed by atoms with Gasteiger partial charge in [-0.05, 0) is 20.8 Å². The normalized spacial score (nSPS) is 20.4. The Morgan fingerprint density at radius 3 is 2.95 bits per heavy atom. The fourth-order valence-electron chi connectivity index (χ4n) is 1.99. The second-order valence-corrected chi connectivity index (χ2v) is 5.69. The number of rotatable bonds is 2. The number of carbonyl (C=O) groups excluding carboxylic acids is 1. The van der Waals surface area contributed by atoms with Crippen molar-refractivity contribution < 1.29 is 9.53 Å². The first-order valence-electron chi connectivity index (χ1n) is 6.48. The first-order valence-corrected chi connectivity index (χ1v) is 6.48. The van der Waals surface area contributed by atoms with Gasteiger partial charge in [-0.15, -0.1) is 0 Å². The summed E-state index contributed by atoms with van der Waals surface area (Å²) < 4.78 is 7.15. The summed E-state index contributed by atoms with van der Waals surface area (Å²) in [4.78, 5) is 17.7. The van der Waals surface area contributed by atoms with Crippen LogP contribution in [-0.4, -0.2) is 57.0 Å². The van der Waals surface area contributed by atoms with Gasteiger partial charge in [-0.25, -0.2) is 9.78 Å². The van der Waals surface area contributed by atoms with Gasteiger partial charge in [0.05, 0.1) is 6.54 Å².